The lowest BCUT2D eigenvalue weighted by Gasteiger charge is -2.29. The molecule has 140 valence electrons. The van der Waals surface area contributed by atoms with Crippen LogP contribution in [0.4, 0.5) is 0 Å². The maximum atomic E-state index is 12.5. The number of H-pyrrole nitrogens is 1. The van der Waals surface area contributed by atoms with Crippen LogP contribution in [0.15, 0.2) is 59.2 Å². The molecule has 2 aliphatic heterocycles. The van der Waals surface area contributed by atoms with E-state index in [4.69, 9.17) is 9.72 Å². The first kappa shape index (κ1) is 16.9. The Morgan fingerprint density at radius 3 is 3.00 bits per heavy atom. The van der Waals surface area contributed by atoms with E-state index >= 15 is 0 Å². The fourth-order valence-corrected chi connectivity index (χ4v) is 3.81. The van der Waals surface area contributed by atoms with Gasteiger partial charge in [0.15, 0.2) is 0 Å². The maximum Gasteiger partial charge on any atom is 0.254 e. The standard InChI is InChI=1S/C22H20N4O2/c27-22-18-7-9-26(12-15-10-16-4-1-2-6-20(16)28-14-15)13-19(18)24-21(25-22)17-5-3-8-23-11-17/h1-6,8,10-11H,7,9,12-14H2,(H,24,25,27). The molecule has 0 bridgehead atoms. The zero-order chi connectivity index (χ0) is 18.9. The number of para-hydroxylation sites is 1. The molecule has 5 rings (SSSR count). The summed E-state index contributed by atoms with van der Waals surface area (Å²) in [6.07, 6.45) is 6.34. The second-order valence-corrected chi connectivity index (χ2v) is 7.17. The number of pyridine rings is 1. The van der Waals surface area contributed by atoms with Gasteiger partial charge in [0.05, 0.1) is 5.69 Å². The molecule has 0 radical (unpaired) electrons. The normalized spacial score (nSPS) is 15.9. The third-order valence-corrected chi connectivity index (χ3v) is 5.21. The van der Waals surface area contributed by atoms with Gasteiger partial charge in [-0.15, -0.1) is 0 Å². The summed E-state index contributed by atoms with van der Waals surface area (Å²) < 4.78 is 5.87. The number of hydrogen-bond donors (Lipinski definition) is 1. The number of aromatic nitrogens is 3. The molecule has 0 amide bonds. The molecule has 4 heterocycles. The Morgan fingerprint density at radius 2 is 2.11 bits per heavy atom. The Kier molecular flexibility index (Phi) is 4.25. The molecular formula is C22H20N4O2. The molecule has 3 aromatic rings. The van der Waals surface area contributed by atoms with Crippen molar-refractivity contribution in [3.05, 3.63) is 81.5 Å². The van der Waals surface area contributed by atoms with Crippen molar-refractivity contribution in [3.63, 3.8) is 0 Å². The fraction of sp³-hybridized carbons (Fsp3) is 0.227. The number of hydrogen-bond acceptors (Lipinski definition) is 5. The number of aromatic amines is 1. The van der Waals surface area contributed by atoms with Crippen molar-refractivity contribution in [2.24, 2.45) is 0 Å². The van der Waals surface area contributed by atoms with E-state index in [-0.39, 0.29) is 5.56 Å². The Hall–Kier alpha value is -3.25. The molecule has 0 spiro atoms. The Labute approximate surface area is 162 Å². The van der Waals surface area contributed by atoms with E-state index in [2.05, 4.69) is 27.0 Å². The molecule has 6 heteroatoms. The maximum absolute atomic E-state index is 12.5. The van der Waals surface area contributed by atoms with Crippen molar-refractivity contribution >= 4 is 6.08 Å². The SMILES string of the molecule is O=c1[nH]c(-c2cccnc2)nc2c1CCN(CC1=Cc3ccccc3OC1)C2. The molecule has 2 aromatic heterocycles. The van der Waals surface area contributed by atoms with Crippen LogP contribution >= 0.6 is 0 Å². The van der Waals surface area contributed by atoms with Crippen LogP contribution in [-0.2, 0) is 13.0 Å². The van der Waals surface area contributed by atoms with Gasteiger partial charge in [-0.25, -0.2) is 4.98 Å². The van der Waals surface area contributed by atoms with Gasteiger partial charge in [0.1, 0.15) is 18.2 Å². The van der Waals surface area contributed by atoms with Crippen molar-refractivity contribution in [1.82, 2.24) is 19.9 Å². The highest BCUT2D eigenvalue weighted by atomic mass is 16.5. The number of benzene rings is 1. The fourth-order valence-electron chi connectivity index (χ4n) is 3.81. The van der Waals surface area contributed by atoms with Gasteiger partial charge >= 0.3 is 0 Å². The lowest BCUT2D eigenvalue weighted by molar-refractivity contribution is 0.253. The van der Waals surface area contributed by atoms with Crippen molar-refractivity contribution in [2.75, 3.05) is 19.7 Å². The smallest absolute Gasteiger partial charge is 0.254 e. The van der Waals surface area contributed by atoms with Gasteiger partial charge in [0, 0.05) is 48.7 Å². The summed E-state index contributed by atoms with van der Waals surface area (Å²) in [6, 6.07) is 11.8. The number of nitrogens with zero attached hydrogens (tertiary/aromatic N) is 3. The second-order valence-electron chi connectivity index (χ2n) is 7.17. The van der Waals surface area contributed by atoms with Crippen molar-refractivity contribution in [1.29, 1.82) is 0 Å². The molecule has 1 N–H and O–H groups in total. The third-order valence-electron chi connectivity index (χ3n) is 5.21. The zero-order valence-electron chi connectivity index (χ0n) is 15.4. The highest BCUT2D eigenvalue weighted by Gasteiger charge is 2.23. The molecule has 0 fully saturated rings. The first-order valence-corrected chi connectivity index (χ1v) is 9.42. The van der Waals surface area contributed by atoms with Crippen LogP contribution < -0.4 is 10.3 Å². The molecule has 2 aliphatic rings. The number of fused-ring (bicyclic) bond motifs is 2. The minimum absolute atomic E-state index is 0.0438. The van der Waals surface area contributed by atoms with Gasteiger partial charge in [0.2, 0.25) is 0 Å². The Bertz CT molecular complexity index is 1110. The van der Waals surface area contributed by atoms with Crippen molar-refractivity contribution < 1.29 is 4.74 Å². The highest BCUT2D eigenvalue weighted by molar-refractivity contribution is 5.62. The molecule has 1 aromatic carbocycles. The average molecular weight is 372 g/mol. The van der Waals surface area contributed by atoms with Crippen LogP contribution in [0.5, 0.6) is 5.75 Å². The van der Waals surface area contributed by atoms with Crippen molar-refractivity contribution in [2.45, 2.75) is 13.0 Å². The molecular weight excluding hydrogens is 352 g/mol. The van der Waals surface area contributed by atoms with Crippen LogP contribution in [0.25, 0.3) is 17.5 Å². The predicted octanol–water partition coefficient (Wildman–Crippen LogP) is 2.67. The largest absolute Gasteiger partial charge is 0.489 e. The van der Waals surface area contributed by atoms with E-state index < -0.39 is 0 Å². The predicted molar refractivity (Wildman–Crippen MR) is 107 cm³/mol. The molecule has 0 saturated heterocycles. The van der Waals surface area contributed by atoms with Gasteiger partial charge in [-0.05, 0) is 36.3 Å². The number of rotatable bonds is 3. The van der Waals surface area contributed by atoms with E-state index in [1.54, 1.807) is 12.4 Å². The molecule has 6 nitrogen and oxygen atoms in total. The van der Waals surface area contributed by atoms with Crippen LogP contribution in [0.1, 0.15) is 16.8 Å². The second kappa shape index (κ2) is 7.05. The van der Waals surface area contributed by atoms with E-state index in [0.717, 1.165) is 41.2 Å². The Morgan fingerprint density at radius 1 is 1.18 bits per heavy atom. The van der Waals surface area contributed by atoms with E-state index in [1.807, 2.05) is 30.3 Å². The average Bonchev–Trinajstić information content (AvgIpc) is 2.74. The van der Waals surface area contributed by atoms with Gasteiger partial charge in [-0.1, -0.05) is 18.2 Å². The van der Waals surface area contributed by atoms with Gasteiger partial charge < -0.3 is 9.72 Å². The summed E-state index contributed by atoms with van der Waals surface area (Å²) in [4.78, 5) is 26.6. The zero-order valence-corrected chi connectivity index (χ0v) is 15.4. The lowest BCUT2D eigenvalue weighted by Crippen LogP contribution is -2.37. The first-order valence-electron chi connectivity index (χ1n) is 9.42. The van der Waals surface area contributed by atoms with Gasteiger partial charge in [0.25, 0.3) is 5.56 Å². The molecule has 0 saturated carbocycles. The molecule has 0 aliphatic carbocycles. The molecule has 0 atom stereocenters. The summed E-state index contributed by atoms with van der Waals surface area (Å²) >= 11 is 0. The van der Waals surface area contributed by atoms with E-state index in [9.17, 15) is 4.79 Å². The van der Waals surface area contributed by atoms with Crippen LogP contribution in [0, 0.1) is 0 Å². The van der Waals surface area contributed by atoms with Gasteiger partial charge in [-0.2, -0.15) is 0 Å². The number of ether oxygens (including phenoxy) is 1. The lowest BCUT2D eigenvalue weighted by atomic mass is 10.0. The van der Waals surface area contributed by atoms with E-state index in [1.165, 1.54) is 5.57 Å². The first-order chi connectivity index (χ1) is 13.8. The van der Waals surface area contributed by atoms with Gasteiger partial charge in [-0.3, -0.25) is 14.7 Å². The van der Waals surface area contributed by atoms with Crippen LogP contribution in [0.3, 0.4) is 0 Å². The number of nitrogens with one attached hydrogen (secondary N) is 1. The summed E-state index contributed by atoms with van der Waals surface area (Å²) in [7, 11) is 0. The highest BCUT2D eigenvalue weighted by Crippen LogP contribution is 2.27. The Balaban J connectivity index is 1.39. The summed E-state index contributed by atoms with van der Waals surface area (Å²) in [6.45, 7) is 2.91. The van der Waals surface area contributed by atoms with Crippen LogP contribution in [0.2, 0.25) is 0 Å². The minimum Gasteiger partial charge on any atom is -0.489 e. The van der Waals surface area contributed by atoms with Crippen LogP contribution in [-0.4, -0.2) is 39.5 Å². The van der Waals surface area contributed by atoms with Crippen molar-refractivity contribution in [3.8, 4) is 17.1 Å². The molecule has 0 unspecified atom stereocenters. The monoisotopic (exact) mass is 372 g/mol. The third kappa shape index (κ3) is 3.23. The topological polar surface area (TPSA) is 71.1 Å². The summed E-state index contributed by atoms with van der Waals surface area (Å²) in [5.41, 5.74) is 4.78. The molecule has 28 heavy (non-hydrogen) atoms. The summed E-state index contributed by atoms with van der Waals surface area (Å²) in [5, 5.41) is 0. The minimum atomic E-state index is -0.0438. The quantitative estimate of drug-likeness (QED) is 0.765. The van der Waals surface area contributed by atoms with E-state index in [0.29, 0.717) is 25.4 Å². The summed E-state index contributed by atoms with van der Waals surface area (Å²) in [5.74, 6) is 1.51.